The predicted octanol–water partition coefficient (Wildman–Crippen LogP) is 4.04. The highest BCUT2D eigenvalue weighted by Crippen LogP contribution is 2.25. The Morgan fingerprint density at radius 3 is 2.58 bits per heavy atom. The van der Waals surface area contributed by atoms with Crippen LogP contribution in [0.15, 0.2) is 54.7 Å². The van der Waals surface area contributed by atoms with Gasteiger partial charge in [-0.1, -0.05) is 48.6 Å². The van der Waals surface area contributed by atoms with Crippen molar-refractivity contribution in [2.45, 2.75) is 0 Å². The molecule has 0 saturated carbocycles. The molecule has 3 aromatic rings. The molecule has 0 radical (unpaired) electrons. The fraction of sp³-hybridized carbons (Fsp3) is 0.0667. The van der Waals surface area contributed by atoms with Crippen LogP contribution in [0.1, 0.15) is 5.69 Å². The maximum Gasteiger partial charge on any atom is 0.145 e. The Hall–Kier alpha value is -1.65. The highest BCUT2D eigenvalue weighted by molar-refractivity contribution is 8.23. The van der Waals surface area contributed by atoms with E-state index in [0.29, 0.717) is 0 Å². The minimum Gasteiger partial charge on any atom is -0.299 e. The van der Waals surface area contributed by atoms with E-state index in [1.54, 1.807) is 11.8 Å². The van der Waals surface area contributed by atoms with Crippen molar-refractivity contribution in [1.82, 2.24) is 9.38 Å². The Morgan fingerprint density at radius 1 is 1.11 bits per heavy atom. The van der Waals surface area contributed by atoms with Crippen LogP contribution in [0.5, 0.6) is 0 Å². The normalized spacial score (nSPS) is 10.8. The highest BCUT2D eigenvalue weighted by atomic mass is 32.2. The van der Waals surface area contributed by atoms with Crippen molar-refractivity contribution >= 4 is 33.7 Å². The van der Waals surface area contributed by atoms with Gasteiger partial charge in [-0.05, 0) is 18.4 Å². The Morgan fingerprint density at radius 2 is 1.84 bits per heavy atom. The van der Waals surface area contributed by atoms with Crippen LogP contribution in [0.4, 0.5) is 0 Å². The van der Waals surface area contributed by atoms with E-state index in [2.05, 4.69) is 22.6 Å². The molecule has 0 bridgehead atoms. The fourth-order valence-corrected chi connectivity index (χ4v) is 2.57. The summed E-state index contributed by atoms with van der Waals surface area (Å²) in [5.74, 6) is 0.933. The zero-order chi connectivity index (χ0) is 13.2. The van der Waals surface area contributed by atoms with Gasteiger partial charge in [-0.3, -0.25) is 4.40 Å². The number of fused-ring (bicyclic) bond motifs is 1. The van der Waals surface area contributed by atoms with E-state index in [4.69, 9.17) is 17.2 Å². The van der Waals surface area contributed by atoms with Crippen molar-refractivity contribution in [1.29, 1.82) is 0 Å². The van der Waals surface area contributed by atoms with Gasteiger partial charge in [0.2, 0.25) is 0 Å². The lowest BCUT2D eigenvalue weighted by molar-refractivity contribution is 1.16. The van der Waals surface area contributed by atoms with Crippen molar-refractivity contribution < 1.29 is 0 Å². The molecule has 0 unspecified atom stereocenters. The topological polar surface area (TPSA) is 17.3 Å². The van der Waals surface area contributed by atoms with Gasteiger partial charge in [0.1, 0.15) is 11.5 Å². The molecule has 3 rings (SSSR count). The summed E-state index contributed by atoms with van der Waals surface area (Å²) in [6.07, 6.45) is 4.01. The lowest BCUT2D eigenvalue weighted by atomic mass is 10.2. The molecule has 0 aliphatic carbocycles. The summed E-state index contributed by atoms with van der Waals surface area (Å²) in [6.45, 7) is 0. The number of thioether (sulfide) groups is 1. The van der Waals surface area contributed by atoms with Gasteiger partial charge in [-0.15, -0.1) is 11.8 Å². The minimum atomic E-state index is 0.825. The van der Waals surface area contributed by atoms with Crippen molar-refractivity contribution in [2.75, 3.05) is 6.26 Å². The molecule has 19 heavy (non-hydrogen) atoms. The SMILES string of the molecule is CSC(=S)c1nc(-c2ccccc2)n2ccccc12. The second kappa shape index (κ2) is 5.15. The molecule has 0 N–H and O–H groups in total. The average Bonchev–Trinajstić information content (AvgIpc) is 2.87. The summed E-state index contributed by atoms with van der Waals surface area (Å²) >= 11 is 6.96. The third kappa shape index (κ3) is 2.17. The molecule has 2 aromatic heterocycles. The largest absolute Gasteiger partial charge is 0.299 e. The summed E-state index contributed by atoms with van der Waals surface area (Å²) in [5.41, 5.74) is 3.04. The Balaban J connectivity index is 2.29. The molecule has 0 atom stereocenters. The molecular weight excluding hydrogens is 272 g/mol. The number of hydrogen-bond donors (Lipinski definition) is 0. The number of hydrogen-bond acceptors (Lipinski definition) is 3. The first kappa shape index (κ1) is 12.4. The van der Waals surface area contributed by atoms with Gasteiger partial charge >= 0.3 is 0 Å². The van der Waals surface area contributed by atoms with Crippen molar-refractivity contribution in [3.05, 3.63) is 60.4 Å². The van der Waals surface area contributed by atoms with E-state index in [1.165, 1.54) is 0 Å². The third-order valence-corrected chi connectivity index (χ3v) is 4.22. The molecule has 0 amide bonds. The van der Waals surface area contributed by atoms with Crippen LogP contribution in [0, 0.1) is 0 Å². The first-order chi connectivity index (χ1) is 9.31. The lowest BCUT2D eigenvalue weighted by Crippen LogP contribution is -1.91. The lowest BCUT2D eigenvalue weighted by Gasteiger charge is -2.00. The van der Waals surface area contributed by atoms with E-state index in [-0.39, 0.29) is 0 Å². The van der Waals surface area contributed by atoms with Gasteiger partial charge in [-0.2, -0.15) is 0 Å². The Bertz CT molecular complexity index is 732. The number of aromatic nitrogens is 2. The second-order valence-electron chi connectivity index (χ2n) is 4.10. The molecule has 1 aromatic carbocycles. The van der Waals surface area contributed by atoms with Crippen LogP contribution in [-0.4, -0.2) is 19.8 Å². The molecule has 0 aliphatic heterocycles. The number of nitrogens with zero attached hydrogens (tertiary/aromatic N) is 2. The number of pyridine rings is 1. The van der Waals surface area contributed by atoms with Gasteiger partial charge in [0.05, 0.1) is 9.71 Å². The maximum atomic E-state index is 5.40. The first-order valence-electron chi connectivity index (χ1n) is 5.92. The molecule has 4 heteroatoms. The predicted molar refractivity (Wildman–Crippen MR) is 85.8 cm³/mol. The summed E-state index contributed by atoms with van der Waals surface area (Å²) in [4.78, 5) is 4.73. The molecule has 0 saturated heterocycles. The van der Waals surface area contributed by atoms with Gasteiger partial charge in [0.25, 0.3) is 0 Å². The summed E-state index contributed by atoms with van der Waals surface area (Å²) in [7, 11) is 0. The number of benzene rings is 1. The van der Waals surface area contributed by atoms with E-state index in [1.807, 2.05) is 42.8 Å². The van der Waals surface area contributed by atoms with Crippen LogP contribution in [-0.2, 0) is 0 Å². The van der Waals surface area contributed by atoms with Crippen LogP contribution in [0.3, 0.4) is 0 Å². The summed E-state index contributed by atoms with van der Waals surface area (Å²) in [6, 6.07) is 16.2. The quantitative estimate of drug-likeness (QED) is 0.661. The number of thiocarbonyl (C=S) groups is 1. The first-order valence-corrected chi connectivity index (χ1v) is 7.55. The van der Waals surface area contributed by atoms with E-state index >= 15 is 0 Å². The van der Waals surface area contributed by atoms with Crippen molar-refractivity contribution in [3.8, 4) is 11.4 Å². The Kier molecular flexibility index (Phi) is 3.36. The van der Waals surface area contributed by atoms with Crippen molar-refractivity contribution in [2.24, 2.45) is 0 Å². The van der Waals surface area contributed by atoms with E-state index < -0.39 is 0 Å². The zero-order valence-corrected chi connectivity index (χ0v) is 12.0. The molecule has 0 spiro atoms. The van der Waals surface area contributed by atoms with Gasteiger partial charge in [-0.25, -0.2) is 4.98 Å². The molecule has 2 nitrogen and oxygen atoms in total. The van der Waals surface area contributed by atoms with Crippen molar-refractivity contribution in [3.63, 3.8) is 0 Å². The second-order valence-corrected chi connectivity index (χ2v) is 5.58. The fourth-order valence-electron chi connectivity index (χ4n) is 2.08. The summed E-state index contributed by atoms with van der Waals surface area (Å²) in [5, 5.41) is 0. The zero-order valence-electron chi connectivity index (χ0n) is 10.4. The molecular formula is C15H12N2S2. The average molecular weight is 284 g/mol. The van der Waals surface area contributed by atoms with E-state index in [0.717, 1.165) is 26.8 Å². The highest BCUT2D eigenvalue weighted by Gasteiger charge is 2.14. The van der Waals surface area contributed by atoms with Crippen LogP contribution >= 0.6 is 24.0 Å². The number of rotatable bonds is 2. The number of imidazole rings is 1. The third-order valence-electron chi connectivity index (χ3n) is 2.96. The van der Waals surface area contributed by atoms with Gasteiger partial charge < -0.3 is 0 Å². The monoisotopic (exact) mass is 284 g/mol. The molecule has 94 valence electrons. The van der Waals surface area contributed by atoms with Gasteiger partial charge in [0.15, 0.2) is 0 Å². The Labute approximate surface area is 121 Å². The standard InChI is InChI=1S/C15H12N2S2/c1-19-15(18)13-12-9-5-6-10-17(12)14(16-13)11-7-3-2-4-8-11/h2-10H,1H3. The molecule has 0 fully saturated rings. The maximum absolute atomic E-state index is 5.40. The van der Waals surface area contributed by atoms with Gasteiger partial charge in [0, 0.05) is 11.8 Å². The minimum absolute atomic E-state index is 0.825. The molecule has 2 heterocycles. The van der Waals surface area contributed by atoms with Crippen LogP contribution < -0.4 is 0 Å². The smallest absolute Gasteiger partial charge is 0.145 e. The van der Waals surface area contributed by atoms with Crippen LogP contribution in [0.25, 0.3) is 16.9 Å². The molecule has 0 aliphatic rings. The summed E-state index contributed by atoms with van der Waals surface area (Å²) < 4.78 is 2.92. The van der Waals surface area contributed by atoms with E-state index in [9.17, 15) is 0 Å². The van der Waals surface area contributed by atoms with Crippen LogP contribution in [0.2, 0.25) is 0 Å².